The van der Waals surface area contributed by atoms with E-state index in [0.717, 1.165) is 16.5 Å². The van der Waals surface area contributed by atoms with Gasteiger partial charge in [0.05, 0.1) is 11.1 Å². The lowest BCUT2D eigenvalue weighted by atomic mass is 10.1. The van der Waals surface area contributed by atoms with E-state index in [0.29, 0.717) is 18.3 Å². The number of rotatable bonds is 3. The Morgan fingerprint density at radius 3 is 2.95 bits per heavy atom. The molecule has 1 atom stereocenters. The Morgan fingerprint density at radius 1 is 1.26 bits per heavy atom. The summed E-state index contributed by atoms with van der Waals surface area (Å²) in [5.74, 6) is 1.23. The lowest BCUT2D eigenvalue weighted by Crippen LogP contribution is -2.10. The van der Waals surface area contributed by atoms with Crippen molar-refractivity contribution in [2.45, 2.75) is 12.8 Å². The first-order chi connectivity index (χ1) is 9.29. The Morgan fingerprint density at radius 2 is 2.11 bits per heavy atom. The quantitative estimate of drug-likeness (QED) is 0.776. The fourth-order valence-corrected chi connectivity index (χ4v) is 1.93. The van der Waals surface area contributed by atoms with Gasteiger partial charge in [0.15, 0.2) is 5.82 Å². The number of nitrogens with zero attached hydrogens (tertiary/aromatic N) is 3. The van der Waals surface area contributed by atoms with Gasteiger partial charge in [0.25, 0.3) is 5.89 Å². The van der Waals surface area contributed by atoms with Gasteiger partial charge in [-0.3, -0.25) is 4.98 Å². The molecular formula is C14H14N4O. The van der Waals surface area contributed by atoms with Crippen LogP contribution in [0.2, 0.25) is 0 Å². The van der Waals surface area contributed by atoms with Gasteiger partial charge in [-0.05, 0) is 12.1 Å². The molecular weight excluding hydrogens is 240 g/mol. The van der Waals surface area contributed by atoms with Crippen LogP contribution in [-0.4, -0.2) is 21.7 Å². The van der Waals surface area contributed by atoms with E-state index in [1.165, 1.54) is 0 Å². The third-order valence-electron chi connectivity index (χ3n) is 3.12. The fraction of sp³-hybridized carbons (Fsp3) is 0.214. The van der Waals surface area contributed by atoms with E-state index in [1.807, 2.05) is 37.3 Å². The van der Waals surface area contributed by atoms with Gasteiger partial charge in [-0.15, -0.1) is 0 Å². The molecule has 3 aromatic rings. The first kappa shape index (κ1) is 11.8. The molecule has 0 radical (unpaired) electrons. The maximum absolute atomic E-state index is 5.61. The average molecular weight is 254 g/mol. The number of aromatic nitrogens is 3. The molecule has 0 fully saturated rings. The number of benzene rings is 1. The lowest BCUT2D eigenvalue weighted by molar-refractivity contribution is 0.418. The number of pyridine rings is 1. The molecule has 0 aliphatic carbocycles. The molecule has 1 unspecified atom stereocenters. The fourth-order valence-electron chi connectivity index (χ4n) is 1.93. The molecule has 0 bridgehead atoms. The van der Waals surface area contributed by atoms with Crippen molar-refractivity contribution >= 4 is 10.9 Å². The van der Waals surface area contributed by atoms with Crippen LogP contribution in [0.4, 0.5) is 0 Å². The second kappa shape index (κ2) is 4.78. The molecule has 0 spiro atoms. The van der Waals surface area contributed by atoms with Crippen molar-refractivity contribution in [3.05, 3.63) is 42.4 Å². The highest BCUT2D eigenvalue weighted by molar-refractivity contribution is 5.91. The highest BCUT2D eigenvalue weighted by Gasteiger charge is 2.15. The highest BCUT2D eigenvalue weighted by atomic mass is 16.5. The number of hydrogen-bond acceptors (Lipinski definition) is 5. The minimum atomic E-state index is 0.0885. The molecule has 2 heterocycles. The van der Waals surface area contributed by atoms with Gasteiger partial charge in [-0.25, -0.2) is 0 Å². The summed E-state index contributed by atoms with van der Waals surface area (Å²) >= 11 is 0. The topological polar surface area (TPSA) is 77.8 Å². The van der Waals surface area contributed by atoms with Crippen LogP contribution in [0, 0.1) is 0 Å². The summed E-state index contributed by atoms with van der Waals surface area (Å²) in [5, 5.41) is 4.98. The number of fused-ring (bicyclic) bond motifs is 1. The molecule has 19 heavy (non-hydrogen) atoms. The van der Waals surface area contributed by atoms with Gasteiger partial charge in [0.1, 0.15) is 0 Å². The van der Waals surface area contributed by atoms with Gasteiger partial charge in [-0.1, -0.05) is 30.3 Å². The second-order valence-corrected chi connectivity index (χ2v) is 4.47. The van der Waals surface area contributed by atoms with Crippen molar-refractivity contribution in [1.29, 1.82) is 0 Å². The molecule has 0 aliphatic rings. The summed E-state index contributed by atoms with van der Waals surface area (Å²) in [6, 6.07) is 9.75. The second-order valence-electron chi connectivity index (χ2n) is 4.47. The summed E-state index contributed by atoms with van der Waals surface area (Å²) in [4.78, 5) is 8.73. The van der Waals surface area contributed by atoms with Crippen LogP contribution in [0.1, 0.15) is 18.7 Å². The van der Waals surface area contributed by atoms with Crippen molar-refractivity contribution in [2.24, 2.45) is 5.73 Å². The monoisotopic (exact) mass is 254 g/mol. The number of nitrogens with two attached hydrogens (primary N) is 1. The van der Waals surface area contributed by atoms with Gasteiger partial charge >= 0.3 is 0 Å². The zero-order chi connectivity index (χ0) is 13.2. The predicted octanol–water partition coefficient (Wildman–Crippen LogP) is 2.35. The Hall–Kier alpha value is -2.27. The summed E-state index contributed by atoms with van der Waals surface area (Å²) in [5.41, 5.74) is 7.42. The number of hydrogen-bond donors (Lipinski definition) is 1. The number of para-hydroxylation sites is 1. The molecule has 0 saturated carbocycles. The van der Waals surface area contributed by atoms with Crippen LogP contribution in [0.15, 0.2) is 41.1 Å². The zero-order valence-electron chi connectivity index (χ0n) is 10.6. The van der Waals surface area contributed by atoms with E-state index in [2.05, 4.69) is 15.1 Å². The van der Waals surface area contributed by atoms with Crippen molar-refractivity contribution in [2.75, 3.05) is 6.54 Å². The van der Waals surface area contributed by atoms with Gasteiger partial charge in [0, 0.05) is 24.0 Å². The standard InChI is InChI=1S/C14H14N4O/c1-9(8-15)13-17-14(19-18-13)11-6-7-16-12-5-3-2-4-10(11)12/h2-7,9H,8,15H2,1H3. The Bertz CT molecular complexity index is 702. The first-order valence-electron chi connectivity index (χ1n) is 6.17. The largest absolute Gasteiger partial charge is 0.334 e. The molecule has 3 rings (SSSR count). The minimum Gasteiger partial charge on any atom is -0.334 e. The van der Waals surface area contributed by atoms with E-state index < -0.39 is 0 Å². The molecule has 0 saturated heterocycles. The first-order valence-corrected chi connectivity index (χ1v) is 6.17. The normalized spacial score (nSPS) is 12.7. The summed E-state index contributed by atoms with van der Waals surface area (Å²) in [7, 11) is 0. The van der Waals surface area contributed by atoms with Crippen LogP contribution in [0.3, 0.4) is 0 Å². The molecule has 5 nitrogen and oxygen atoms in total. The van der Waals surface area contributed by atoms with E-state index in [1.54, 1.807) is 6.20 Å². The average Bonchev–Trinajstić information content (AvgIpc) is 2.95. The van der Waals surface area contributed by atoms with Gasteiger partial charge in [0.2, 0.25) is 0 Å². The van der Waals surface area contributed by atoms with Crippen LogP contribution in [0.25, 0.3) is 22.4 Å². The summed E-state index contributed by atoms with van der Waals surface area (Å²) in [6.07, 6.45) is 1.74. The molecule has 0 aliphatic heterocycles. The SMILES string of the molecule is CC(CN)c1noc(-c2ccnc3ccccc23)n1. The summed E-state index contributed by atoms with van der Waals surface area (Å²) in [6.45, 7) is 2.47. The maximum Gasteiger partial charge on any atom is 0.258 e. The molecule has 2 aromatic heterocycles. The van der Waals surface area contributed by atoms with Crippen LogP contribution >= 0.6 is 0 Å². The highest BCUT2D eigenvalue weighted by Crippen LogP contribution is 2.26. The lowest BCUT2D eigenvalue weighted by Gasteiger charge is -2.01. The smallest absolute Gasteiger partial charge is 0.258 e. The van der Waals surface area contributed by atoms with Crippen LogP contribution < -0.4 is 5.73 Å². The third-order valence-corrected chi connectivity index (χ3v) is 3.12. The summed E-state index contributed by atoms with van der Waals surface area (Å²) < 4.78 is 5.34. The van der Waals surface area contributed by atoms with Gasteiger partial charge < -0.3 is 10.3 Å². The van der Waals surface area contributed by atoms with Crippen molar-refractivity contribution < 1.29 is 4.52 Å². The minimum absolute atomic E-state index is 0.0885. The molecule has 1 aromatic carbocycles. The zero-order valence-corrected chi connectivity index (χ0v) is 10.6. The Balaban J connectivity index is 2.12. The Labute approximate surface area is 110 Å². The van der Waals surface area contributed by atoms with Crippen molar-refractivity contribution in [1.82, 2.24) is 15.1 Å². The van der Waals surface area contributed by atoms with E-state index in [-0.39, 0.29) is 5.92 Å². The van der Waals surface area contributed by atoms with Crippen molar-refractivity contribution in [3.63, 3.8) is 0 Å². The van der Waals surface area contributed by atoms with E-state index in [4.69, 9.17) is 10.3 Å². The third kappa shape index (κ3) is 2.08. The molecule has 2 N–H and O–H groups in total. The molecule has 0 amide bonds. The van der Waals surface area contributed by atoms with E-state index >= 15 is 0 Å². The van der Waals surface area contributed by atoms with Crippen molar-refractivity contribution in [3.8, 4) is 11.5 Å². The van der Waals surface area contributed by atoms with Crippen LogP contribution in [0.5, 0.6) is 0 Å². The molecule has 5 heteroatoms. The Kier molecular flexibility index (Phi) is 2.97. The van der Waals surface area contributed by atoms with Crippen LogP contribution in [-0.2, 0) is 0 Å². The maximum atomic E-state index is 5.61. The van der Waals surface area contributed by atoms with E-state index in [9.17, 15) is 0 Å². The molecule has 96 valence electrons. The predicted molar refractivity (Wildman–Crippen MR) is 72.5 cm³/mol. The van der Waals surface area contributed by atoms with Gasteiger partial charge in [-0.2, -0.15) is 4.98 Å².